The molecule has 0 spiro atoms. The van der Waals surface area contributed by atoms with E-state index in [1.54, 1.807) is 0 Å². The fraction of sp³-hybridized carbons (Fsp3) is 0. The van der Waals surface area contributed by atoms with Gasteiger partial charge in [-0.15, -0.1) is 0 Å². The molecule has 0 amide bonds. The van der Waals surface area contributed by atoms with Gasteiger partial charge in [-0.1, -0.05) is 0 Å². The summed E-state index contributed by atoms with van der Waals surface area (Å²) in [6.07, 6.45) is 0. The van der Waals surface area contributed by atoms with E-state index in [2.05, 4.69) is 0 Å². The van der Waals surface area contributed by atoms with Crippen LogP contribution in [0.1, 0.15) is 0 Å². The van der Waals surface area contributed by atoms with Crippen molar-refractivity contribution in [2.45, 2.75) is 0 Å². The fourth-order valence-corrected chi connectivity index (χ4v) is 0. The summed E-state index contributed by atoms with van der Waals surface area (Å²) in [5.74, 6) is -2.98. The van der Waals surface area contributed by atoms with Gasteiger partial charge in [0.15, 0.2) is 10.1 Å². The summed E-state index contributed by atoms with van der Waals surface area (Å²) in [4.78, 5) is 0. The van der Waals surface area contributed by atoms with Crippen molar-refractivity contribution >= 4 is 10.1 Å². The molecule has 7 heteroatoms. The summed E-state index contributed by atoms with van der Waals surface area (Å²) in [5, 5.41) is 0. The zero-order valence-electron chi connectivity index (χ0n) is 3.63. The molecular weight excluding hydrogens is 397 g/mol. The van der Waals surface area contributed by atoms with Gasteiger partial charge in [-0.05, 0) is 0 Å². The van der Waals surface area contributed by atoms with Crippen molar-refractivity contribution in [2.24, 2.45) is 0 Å². The smallest absolute Gasteiger partial charge is 0.194 e. The third kappa shape index (κ3) is 2.98. The van der Waals surface area contributed by atoms with Gasteiger partial charge in [0.05, 0.1) is 0 Å². The second-order valence-electron chi connectivity index (χ2n) is 0.701. The van der Waals surface area contributed by atoms with Gasteiger partial charge in [0, 0.05) is 0 Å². The first kappa shape index (κ1) is 9.91. The Morgan fingerprint density at radius 3 is 1.50 bits per heavy atom. The maximum atomic E-state index is 10.6. The summed E-state index contributed by atoms with van der Waals surface area (Å²) >= 11 is 0. The van der Waals surface area contributed by atoms with Crippen LogP contribution in [0.3, 0.4) is 0 Å². The van der Waals surface area contributed by atoms with Crippen molar-refractivity contribution in [3.63, 3.8) is 0 Å². The molecular formula is CHF2O3RfS-. The van der Waals surface area contributed by atoms with Crippen LogP contribution in [0.15, 0.2) is 0 Å². The second kappa shape index (κ2) is 2.17. The van der Waals surface area contributed by atoms with E-state index in [-0.39, 0.29) is 0 Å². The Labute approximate surface area is 38.7 Å². The van der Waals surface area contributed by atoms with E-state index in [1.165, 1.54) is 0 Å². The van der Waals surface area contributed by atoms with Gasteiger partial charge in [0.2, 0.25) is 0 Å². The molecule has 0 radical (unpaired) electrons. The molecule has 0 rings (SSSR count). The first-order chi connectivity index (χ1) is 2.94. The van der Waals surface area contributed by atoms with Crippen molar-refractivity contribution in [1.82, 2.24) is 0 Å². The molecule has 1 N–H and O–H groups in total. The summed E-state index contributed by atoms with van der Waals surface area (Å²) in [6, 6.07) is 0. The van der Waals surface area contributed by atoms with Crippen LogP contribution in [0.5, 0.6) is 0 Å². The van der Waals surface area contributed by atoms with Crippen LogP contribution in [0.4, 0.5) is 8.78 Å². The molecule has 8 heavy (non-hydrogen) atoms. The van der Waals surface area contributed by atoms with Gasteiger partial charge >= 0.3 is 0 Å². The van der Waals surface area contributed by atoms with Crippen LogP contribution in [0, 0.1) is 5.76 Å². The Balaban J connectivity index is 0. The van der Waals surface area contributed by atoms with E-state index in [1.807, 2.05) is 0 Å². The van der Waals surface area contributed by atoms with Crippen LogP contribution in [-0.2, 0) is 10.1 Å². The van der Waals surface area contributed by atoms with Crippen LogP contribution in [0.2, 0.25) is 0 Å². The van der Waals surface area contributed by atoms with Gasteiger partial charge in [-0.2, -0.15) is 0 Å². The zero-order valence-corrected chi connectivity index (χ0v) is 10.9. The van der Waals surface area contributed by atoms with Crippen LogP contribution in [-0.4, -0.2) is 13.0 Å². The molecule has 0 fully saturated rings. The van der Waals surface area contributed by atoms with Crippen LogP contribution < -0.4 is 0 Å². The average Bonchev–Trinajstić information content (AvgIpc) is 1.31. The van der Waals surface area contributed by atoms with Crippen molar-refractivity contribution < 1.29 is 21.8 Å². The normalized spacial score (nSPS) is 11.0. The Hall–Kier alpha value is -1.23. The monoisotopic (exact) mass is 398 g/mol. The van der Waals surface area contributed by atoms with Crippen LogP contribution >= 0.6 is 0 Å². The Kier molecular flexibility index (Phi) is 2.69. The average molecular weight is 398 g/mol. The van der Waals surface area contributed by atoms with E-state index in [0.717, 1.165) is 0 Å². The molecule has 0 saturated heterocycles. The van der Waals surface area contributed by atoms with Crippen molar-refractivity contribution in [3.8, 4) is 0 Å². The first-order valence-electron chi connectivity index (χ1n) is 1.10. The zero-order chi connectivity index (χ0) is 6.08. The topological polar surface area (TPSA) is 54.4 Å². The molecule has 3 nitrogen and oxygen atoms in total. The summed E-state index contributed by atoms with van der Waals surface area (Å²) in [7, 11) is -5.16. The number of rotatable bonds is 1. The first-order valence-corrected chi connectivity index (χ1v) is 2.54. The maximum Gasteiger partial charge on any atom is 0.194 e. The molecule has 0 unspecified atom stereocenters. The standard InChI is InChI=1S/CHF2O3S.Rf/c2-1(3)7(4,5)6;/h(H,4,5,6);/q-1;. The Morgan fingerprint density at radius 2 is 1.50 bits per heavy atom. The fourth-order valence-electron chi connectivity index (χ4n) is 0. The van der Waals surface area contributed by atoms with E-state index in [4.69, 9.17) is 13.0 Å². The van der Waals surface area contributed by atoms with E-state index < -0.39 is 15.9 Å². The molecule has 0 bridgehead atoms. The van der Waals surface area contributed by atoms with Gasteiger partial charge in [0.25, 0.3) is 0 Å². The quantitative estimate of drug-likeness (QED) is 0.510. The second-order valence-corrected chi connectivity index (χ2v) is 1.96. The molecule has 0 aliphatic rings. The molecule has 46 valence electrons. The minimum atomic E-state index is -5.16. The van der Waals surface area contributed by atoms with Gasteiger partial charge in [-0.3, -0.25) is 0 Å². The Morgan fingerprint density at radius 1 is 1.38 bits per heavy atom. The SMILES string of the molecule is O=S(=O)(O)[C-](F)F.[Rf]. The van der Waals surface area contributed by atoms with E-state index in [9.17, 15) is 8.78 Å². The summed E-state index contributed by atoms with van der Waals surface area (Å²) in [6.45, 7) is 0. The minimum absolute atomic E-state index is 0. The van der Waals surface area contributed by atoms with Crippen molar-refractivity contribution in [1.29, 1.82) is 0 Å². The van der Waals surface area contributed by atoms with Crippen LogP contribution in [0.25, 0.3) is 0 Å². The molecule has 0 aliphatic carbocycles. The molecule has 0 aromatic carbocycles. The van der Waals surface area contributed by atoms with Crippen molar-refractivity contribution in [3.05, 3.63) is 5.76 Å². The molecule has 0 aromatic rings. The number of hydrogen-bond acceptors (Lipinski definition) is 2. The third-order valence-corrected chi connectivity index (χ3v) is 0.585. The number of hydrogen-bond donors (Lipinski definition) is 1. The molecule has 0 saturated carbocycles. The van der Waals surface area contributed by atoms with Gasteiger partial charge in [-0.25, -0.2) is 8.42 Å². The van der Waals surface area contributed by atoms with Gasteiger partial charge < -0.3 is 13.3 Å². The van der Waals surface area contributed by atoms with Gasteiger partial charge in [0.1, 0.15) is 5.76 Å². The molecule has 0 aliphatic heterocycles. The predicted octanol–water partition coefficient (Wildman–Crippen LogP) is 0.260. The summed E-state index contributed by atoms with van der Waals surface area (Å²) < 4.78 is 46.7. The third-order valence-electron chi connectivity index (χ3n) is 0.195. The predicted molar refractivity (Wildman–Crippen MR) is 17.0 cm³/mol. The minimum Gasteiger partial charge on any atom is -0.401 e. The largest absolute Gasteiger partial charge is 0.401 e. The van der Waals surface area contributed by atoms with Crippen molar-refractivity contribution in [2.75, 3.05) is 0 Å². The number of halogens is 2. The molecule has 0 heterocycles. The Bertz CT molecular complexity index is 139. The summed E-state index contributed by atoms with van der Waals surface area (Å²) in [5.41, 5.74) is 0. The molecule has 0 atom stereocenters. The molecule has 0 aromatic heterocycles. The van der Waals surface area contributed by atoms with E-state index >= 15 is 0 Å². The maximum absolute atomic E-state index is 10.6. The van der Waals surface area contributed by atoms with E-state index in [0.29, 0.717) is 0 Å².